The van der Waals surface area contributed by atoms with Gasteiger partial charge in [0.15, 0.2) is 5.78 Å². The van der Waals surface area contributed by atoms with Gasteiger partial charge in [-0.3, -0.25) is 9.59 Å². The molecule has 0 saturated heterocycles. The molecule has 2 aromatic carbocycles. The zero-order chi connectivity index (χ0) is 14.4. The summed E-state index contributed by atoms with van der Waals surface area (Å²) in [5, 5.41) is 2.80. The first-order chi connectivity index (χ1) is 9.66. The average Bonchev–Trinajstić information content (AvgIpc) is 2.46. The number of hydrogen-bond acceptors (Lipinski definition) is 2. The van der Waals surface area contributed by atoms with Gasteiger partial charge in [0.2, 0.25) is 5.91 Å². The Morgan fingerprint density at radius 3 is 2.30 bits per heavy atom. The Balaban J connectivity index is 1.97. The highest BCUT2D eigenvalue weighted by molar-refractivity contribution is 6.03. The topological polar surface area (TPSA) is 46.2 Å². The van der Waals surface area contributed by atoms with E-state index in [0.29, 0.717) is 24.1 Å². The van der Waals surface area contributed by atoms with E-state index in [9.17, 15) is 9.59 Å². The maximum atomic E-state index is 11.9. The molecule has 0 radical (unpaired) electrons. The zero-order valence-electron chi connectivity index (χ0n) is 11.4. The lowest BCUT2D eigenvalue weighted by Crippen LogP contribution is -2.14. The van der Waals surface area contributed by atoms with Crippen molar-refractivity contribution >= 4 is 17.4 Å². The summed E-state index contributed by atoms with van der Waals surface area (Å²) >= 11 is 0. The van der Waals surface area contributed by atoms with E-state index in [1.54, 1.807) is 24.3 Å². The molecule has 0 aliphatic rings. The molecule has 0 bridgehead atoms. The van der Waals surface area contributed by atoms with Crippen LogP contribution in [-0.2, 0) is 11.2 Å². The van der Waals surface area contributed by atoms with Crippen LogP contribution in [0.4, 0.5) is 5.69 Å². The summed E-state index contributed by atoms with van der Waals surface area (Å²) in [5.41, 5.74) is 2.25. The number of para-hydroxylation sites is 1. The Labute approximate surface area is 118 Å². The third-order valence-corrected chi connectivity index (χ3v) is 3.06. The molecule has 0 aliphatic heterocycles. The van der Waals surface area contributed by atoms with Gasteiger partial charge < -0.3 is 5.32 Å². The van der Waals surface area contributed by atoms with Gasteiger partial charge in [-0.1, -0.05) is 42.5 Å². The van der Waals surface area contributed by atoms with Crippen molar-refractivity contribution in [1.29, 1.82) is 0 Å². The van der Waals surface area contributed by atoms with Crippen molar-refractivity contribution in [2.75, 3.05) is 5.32 Å². The second kappa shape index (κ2) is 6.66. The van der Waals surface area contributed by atoms with E-state index >= 15 is 0 Å². The Morgan fingerprint density at radius 2 is 1.60 bits per heavy atom. The highest BCUT2D eigenvalue weighted by atomic mass is 16.1. The predicted molar refractivity (Wildman–Crippen MR) is 79.8 cm³/mol. The monoisotopic (exact) mass is 267 g/mol. The summed E-state index contributed by atoms with van der Waals surface area (Å²) < 4.78 is 0. The molecule has 3 heteroatoms. The van der Waals surface area contributed by atoms with Crippen molar-refractivity contribution in [1.82, 2.24) is 0 Å². The summed E-state index contributed by atoms with van der Waals surface area (Å²) in [5.74, 6) is -0.133. The summed E-state index contributed by atoms with van der Waals surface area (Å²) in [6, 6.07) is 16.9. The normalized spacial score (nSPS) is 10.1. The minimum absolute atomic E-state index is 0.0519. The maximum Gasteiger partial charge on any atom is 0.224 e. The van der Waals surface area contributed by atoms with E-state index in [4.69, 9.17) is 0 Å². The Hall–Kier alpha value is -2.42. The minimum Gasteiger partial charge on any atom is -0.325 e. The molecule has 20 heavy (non-hydrogen) atoms. The van der Waals surface area contributed by atoms with Crippen LogP contribution >= 0.6 is 0 Å². The van der Waals surface area contributed by atoms with Crippen LogP contribution < -0.4 is 5.32 Å². The Morgan fingerprint density at radius 1 is 0.950 bits per heavy atom. The first-order valence-corrected chi connectivity index (χ1v) is 6.60. The number of aryl methyl sites for hydroxylation is 1. The summed E-state index contributed by atoms with van der Waals surface area (Å²) in [7, 11) is 0. The second-order valence-electron chi connectivity index (χ2n) is 4.64. The first-order valence-electron chi connectivity index (χ1n) is 6.60. The molecule has 3 nitrogen and oxygen atoms in total. The molecule has 0 saturated carbocycles. The first kappa shape index (κ1) is 14.0. The van der Waals surface area contributed by atoms with E-state index in [1.807, 2.05) is 30.3 Å². The van der Waals surface area contributed by atoms with Crippen molar-refractivity contribution in [3.05, 3.63) is 65.7 Å². The highest BCUT2D eigenvalue weighted by Crippen LogP contribution is 2.16. The number of amides is 1. The fourth-order valence-electron chi connectivity index (χ4n) is 2.01. The van der Waals surface area contributed by atoms with E-state index in [-0.39, 0.29) is 11.7 Å². The zero-order valence-corrected chi connectivity index (χ0v) is 11.4. The van der Waals surface area contributed by atoms with Crippen LogP contribution in [0, 0.1) is 0 Å². The van der Waals surface area contributed by atoms with Crippen LogP contribution in [0.3, 0.4) is 0 Å². The molecular weight excluding hydrogens is 250 g/mol. The smallest absolute Gasteiger partial charge is 0.224 e. The van der Waals surface area contributed by atoms with E-state index in [1.165, 1.54) is 6.92 Å². The van der Waals surface area contributed by atoms with Gasteiger partial charge in [0.1, 0.15) is 0 Å². The van der Waals surface area contributed by atoms with Gasteiger partial charge in [0.25, 0.3) is 0 Å². The summed E-state index contributed by atoms with van der Waals surface area (Å²) in [6.45, 7) is 1.49. The number of nitrogens with one attached hydrogen (secondary N) is 1. The lowest BCUT2D eigenvalue weighted by Gasteiger charge is -2.09. The van der Waals surface area contributed by atoms with E-state index < -0.39 is 0 Å². The van der Waals surface area contributed by atoms with Crippen molar-refractivity contribution in [3.8, 4) is 0 Å². The number of benzene rings is 2. The van der Waals surface area contributed by atoms with Crippen LogP contribution in [0.15, 0.2) is 54.6 Å². The highest BCUT2D eigenvalue weighted by Gasteiger charge is 2.09. The predicted octanol–water partition coefficient (Wildman–Crippen LogP) is 3.46. The van der Waals surface area contributed by atoms with Gasteiger partial charge in [-0.25, -0.2) is 0 Å². The summed E-state index contributed by atoms with van der Waals surface area (Å²) in [6.07, 6.45) is 1.09. The van der Waals surface area contributed by atoms with Gasteiger partial charge in [-0.05, 0) is 31.0 Å². The number of ketones is 1. The maximum absolute atomic E-state index is 11.9. The molecule has 0 spiro atoms. The number of rotatable bonds is 5. The van der Waals surface area contributed by atoms with Crippen molar-refractivity contribution in [2.45, 2.75) is 19.8 Å². The van der Waals surface area contributed by atoms with Crippen LogP contribution in [-0.4, -0.2) is 11.7 Å². The van der Waals surface area contributed by atoms with Crippen LogP contribution in [0.5, 0.6) is 0 Å². The Bertz CT molecular complexity index is 605. The SMILES string of the molecule is CC(=O)c1ccccc1NC(=O)CCc1ccccc1. The molecule has 1 N–H and O–H groups in total. The van der Waals surface area contributed by atoms with Gasteiger partial charge in [0, 0.05) is 12.0 Å². The van der Waals surface area contributed by atoms with Gasteiger partial charge >= 0.3 is 0 Å². The van der Waals surface area contributed by atoms with Gasteiger partial charge in [0.05, 0.1) is 5.69 Å². The molecule has 0 aromatic heterocycles. The molecule has 2 aromatic rings. The lowest BCUT2D eigenvalue weighted by molar-refractivity contribution is -0.116. The molecule has 0 atom stereocenters. The number of hydrogen-bond donors (Lipinski definition) is 1. The van der Waals surface area contributed by atoms with Gasteiger partial charge in [-0.2, -0.15) is 0 Å². The van der Waals surface area contributed by atoms with Crippen molar-refractivity contribution < 1.29 is 9.59 Å². The standard InChI is InChI=1S/C17H17NO2/c1-13(19)15-9-5-6-10-16(15)18-17(20)12-11-14-7-3-2-4-8-14/h2-10H,11-12H2,1H3,(H,18,20). The average molecular weight is 267 g/mol. The molecule has 0 unspecified atom stereocenters. The second-order valence-corrected chi connectivity index (χ2v) is 4.64. The Kier molecular flexibility index (Phi) is 4.66. The van der Waals surface area contributed by atoms with Crippen LogP contribution in [0.25, 0.3) is 0 Å². The molecule has 102 valence electrons. The lowest BCUT2D eigenvalue weighted by atomic mass is 10.1. The largest absolute Gasteiger partial charge is 0.325 e. The molecule has 0 fully saturated rings. The van der Waals surface area contributed by atoms with Gasteiger partial charge in [-0.15, -0.1) is 0 Å². The molecule has 1 amide bonds. The molecule has 2 rings (SSSR count). The minimum atomic E-state index is -0.0810. The van der Waals surface area contributed by atoms with Crippen molar-refractivity contribution in [3.63, 3.8) is 0 Å². The van der Waals surface area contributed by atoms with E-state index in [0.717, 1.165) is 5.56 Å². The molecule has 0 heterocycles. The summed E-state index contributed by atoms with van der Waals surface area (Å²) in [4.78, 5) is 23.4. The number of carbonyl (C=O) groups excluding carboxylic acids is 2. The quantitative estimate of drug-likeness (QED) is 0.843. The number of anilines is 1. The molecular formula is C17H17NO2. The fraction of sp³-hybridized carbons (Fsp3) is 0.176. The number of carbonyl (C=O) groups is 2. The third-order valence-electron chi connectivity index (χ3n) is 3.06. The van der Waals surface area contributed by atoms with Crippen LogP contribution in [0.1, 0.15) is 29.3 Å². The fourth-order valence-corrected chi connectivity index (χ4v) is 2.01. The van der Waals surface area contributed by atoms with Crippen LogP contribution in [0.2, 0.25) is 0 Å². The molecule has 0 aliphatic carbocycles. The number of Topliss-reactive ketones (excluding diaryl/α,β-unsaturated/α-hetero) is 1. The third kappa shape index (κ3) is 3.79. The van der Waals surface area contributed by atoms with Crippen molar-refractivity contribution in [2.24, 2.45) is 0 Å². The van der Waals surface area contributed by atoms with E-state index in [2.05, 4.69) is 5.32 Å².